The fraction of sp³-hybridized carbons (Fsp3) is 0.308. The Morgan fingerprint density at radius 2 is 1.67 bits per heavy atom. The van der Waals surface area contributed by atoms with Crippen molar-refractivity contribution in [1.82, 2.24) is 15.4 Å². The molecule has 12 heteroatoms. The Kier molecular flexibility index (Phi) is 12.0. The number of hydrogen-bond donors (Lipinski definition) is 4. The Hall–Kier alpha value is -4.49. The van der Waals surface area contributed by atoms with Gasteiger partial charge in [-0.25, -0.2) is 13.1 Å². The predicted octanol–water partition coefficient (Wildman–Crippen LogP) is 5.30. The second kappa shape index (κ2) is 16.2. The van der Waals surface area contributed by atoms with Gasteiger partial charge in [0.1, 0.15) is 6.04 Å². The van der Waals surface area contributed by atoms with Crippen LogP contribution in [-0.2, 0) is 32.6 Å². The number of sulfonamides is 1. The normalized spacial score (nSPS) is 15.4. The van der Waals surface area contributed by atoms with Crippen LogP contribution in [0.4, 0.5) is 5.69 Å². The number of amides is 3. The molecule has 4 aromatic carbocycles. The minimum absolute atomic E-state index is 0.0360. The van der Waals surface area contributed by atoms with Crippen LogP contribution in [0.15, 0.2) is 107 Å². The van der Waals surface area contributed by atoms with E-state index in [1.54, 1.807) is 84.2 Å². The molecule has 4 N–H and O–H groups in total. The van der Waals surface area contributed by atoms with Crippen LogP contribution in [0.25, 0.3) is 11.1 Å². The molecular formula is C39H44N4O6S2. The number of β-amino-alcohol motifs (C(OH)–C–C–N with tert-alkyl or cyclic N) is 1. The minimum atomic E-state index is -4.21. The summed E-state index contributed by atoms with van der Waals surface area (Å²) in [7, 11) is -4.21. The smallest absolute Gasteiger partial charge is 0.264 e. The molecular weight excluding hydrogens is 685 g/mol. The Morgan fingerprint density at radius 3 is 2.35 bits per heavy atom. The van der Waals surface area contributed by atoms with Gasteiger partial charge in [0.2, 0.25) is 11.8 Å². The molecule has 0 aliphatic carbocycles. The fourth-order valence-corrected chi connectivity index (χ4v) is 7.72. The zero-order valence-electron chi connectivity index (χ0n) is 29.2. The Labute approximate surface area is 304 Å². The van der Waals surface area contributed by atoms with Crippen LogP contribution in [-0.4, -0.2) is 61.7 Å². The number of carbonyl (C=O) groups is 3. The van der Waals surface area contributed by atoms with Crippen LogP contribution >= 0.6 is 11.8 Å². The number of hydrogen-bond acceptors (Lipinski definition) is 8. The van der Waals surface area contributed by atoms with Gasteiger partial charge in [-0.3, -0.25) is 14.4 Å². The number of fused-ring (bicyclic) bond motifs is 1. The lowest BCUT2D eigenvalue weighted by atomic mass is 9.99. The van der Waals surface area contributed by atoms with E-state index in [0.717, 1.165) is 21.7 Å². The van der Waals surface area contributed by atoms with Crippen molar-refractivity contribution in [2.24, 2.45) is 0 Å². The molecule has 10 nitrogen and oxygen atoms in total. The molecule has 268 valence electrons. The van der Waals surface area contributed by atoms with Crippen LogP contribution in [0, 0.1) is 0 Å². The molecule has 0 saturated carbocycles. The van der Waals surface area contributed by atoms with Crippen molar-refractivity contribution < 1.29 is 27.9 Å². The minimum Gasteiger partial charge on any atom is -0.392 e. The zero-order chi connectivity index (χ0) is 36.8. The number of aliphatic hydroxyl groups excluding tert-OH is 1. The second-order valence-electron chi connectivity index (χ2n) is 13.4. The van der Waals surface area contributed by atoms with Crippen molar-refractivity contribution in [3.8, 4) is 11.1 Å². The highest BCUT2D eigenvalue weighted by atomic mass is 32.2. The Balaban J connectivity index is 1.38. The SMILES string of the molecule is CSc1ccc2c(c1)CC[C@@H](NC(=O)CC(C)(C)NC[C@@H](C)O)C(=O)N2Cc1ccc(-c2ccccc2S(=O)(=O)NC(=O)c2ccccc2)cc1. The van der Waals surface area contributed by atoms with Crippen LogP contribution < -0.4 is 20.3 Å². The number of benzene rings is 4. The molecule has 1 heterocycles. The summed E-state index contributed by atoms with van der Waals surface area (Å²) >= 11 is 1.62. The molecule has 0 fully saturated rings. The first-order valence-corrected chi connectivity index (χ1v) is 19.5. The van der Waals surface area contributed by atoms with Gasteiger partial charge in [-0.05, 0) is 93.0 Å². The van der Waals surface area contributed by atoms with E-state index in [2.05, 4.69) is 21.4 Å². The molecule has 1 aliphatic rings. The lowest BCUT2D eigenvalue weighted by molar-refractivity contribution is -0.128. The first-order chi connectivity index (χ1) is 24.3. The Bertz CT molecular complexity index is 1980. The lowest BCUT2D eigenvalue weighted by Gasteiger charge is -2.29. The maximum Gasteiger partial charge on any atom is 0.264 e. The van der Waals surface area contributed by atoms with Gasteiger partial charge in [0.05, 0.1) is 17.5 Å². The molecule has 0 radical (unpaired) electrons. The molecule has 4 aromatic rings. The number of aryl methyl sites for hydroxylation is 1. The van der Waals surface area contributed by atoms with E-state index in [-0.39, 0.29) is 35.2 Å². The highest BCUT2D eigenvalue weighted by molar-refractivity contribution is 7.98. The zero-order valence-corrected chi connectivity index (χ0v) is 30.8. The average molecular weight is 729 g/mol. The van der Waals surface area contributed by atoms with Crippen molar-refractivity contribution in [3.63, 3.8) is 0 Å². The number of aliphatic hydroxyl groups is 1. The van der Waals surface area contributed by atoms with E-state index in [1.165, 1.54) is 6.07 Å². The summed E-state index contributed by atoms with van der Waals surface area (Å²) in [4.78, 5) is 42.9. The van der Waals surface area contributed by atoms with Gasteiger partial charge >= 0.3 is 0 Å². The van der Waals surface area contributed by atoms with E-state index in [1.807, 2.05) is 44.4 Å². The maximum absolute atomic E-state index is 14.2. The van der Waals surface area contributed by atoms with Crippen LogP contribution in [0.1, 0.15) is 55.1 Å². The molecule has 0 bridgehead atoms. The molecule has 51 heavy (non-hydrogen) atoms. The molecule has 1 aliphatic heterocycles. The van der Waals surface area contributed by atoms with Gasteiger partial charge < -0.3 is 20.6 Å². The number of thioether (sulfide) groups is 1. The number of nitrogens with one attached hydrogen (secondary N) is 3. The van der Waals surface area contributed by atoms with E-state index in [9.17, 15) is 27.9 Å². The highest BCUT2D eigenvalue weighted by Gasteiger charge is 2.33. The summed E-state index contributed by atoms with van der Waals surface area (Å²) in [5.74, 6) is -1.20. The van der Waals surface area contributed by atoms with E-state index >= 15 is 0 Å². The summed E-state index contributed by atoms with van der Waals surface area (Å²) in [6.45, 7) is 6.01. The quantitative estimate of drug-likeness (QED) is 0.136. The first-order valence-electron chi connectivity index (χ1n) is 16.8. The van der Waals surface area contributed by atoms with Gasteiger partial charge in [-0.1, -0.05) is 60.7 Å². The van der Waals surface area contributed by atoms with Crippen molar-refractivity contribution in [1.29, 1.82) is 0 Å². The average Bonchev–Trinajstić information content (AvgIpc) is 3.23. The van der Waals surface area contributed by atoms with Gasteiger partial charge in [0.15, 0.2) is 0 Å². The van der Waals surface area contributed by atoms with Crippen LogP contribution in [0.5, 0.6) is 0 Å². The van der Waals surface area contributed by atoms with Gasteiger partial charge in [0, 0.05) is 40.2 Å². The van der Waals surface area contributed by atoms with Crippen molar-refractivity contribution in [2.75, 3.05) is 17.7 Å². The van der Waals surface area contributed by atoms with Crippen LogP contribution in [0.2, 0.25) is 0 Å². The molecule has 0 spiro atoms. The van der Waals surface area contributed by atoms with Gasteiger partial charge in [-0.15, -0.1) is 11.8 Å². The predicted molar refractivity (Wildman–Crippen MR) is 201 cm³/mol. The fourth-order valence-electron chi connectivity index (χ4n) is 6.05. The molecule has 0 aromatic heterocycles. The number of carbonyl (C=O) groups excluding carboxylic acids is 3. The summed E-state index contributed by atoms with van der Waals surface area (Å²) in [6, 6.07) is 27.2. The molecule has 2 atom stereocenters. The largest absolute Gasteiger partial charge is 0.392 e. The van der Waals surface area contributed by atoms with Gasteiger partial charge in [-0.2, -0.15) is 0 Å². The summed E-state index contributed by atoms with van der Waals surface area (Å²) in [5.41, 5.74) is 3.29. The van der Waals surface area contributed by atoms with Crippen molar-refractivity contribution in [3.05, 3.63) is 114 Å². The third-order valence-corrected chi connectivity index (χ3v) is 10.8. The number of nitrogens with zero attached hydrogens (tertiary/aromatic N) is 1. The summed E-state index contributed by atoms with van der Waals surface area (Å²) in [6.07, 6.45) is 2.62. The Morgan fingerprint density at radius 1 is 0.980 bits per heavy atom. The highest BCUT2D eigenvalue weighted by Crippen LogP contribution is 2.33. The van der Waals surface area contributed by atoms with Crippen LogP contribution in [0.3, 0.4) is 0 Å². The molecule has 3 amide bonds. The van der Waals surface area contributed by atoms with Crippen molar-refractivity contribution in [2.45, 2.75) is 74.1 Å². The third-order valence-electron chi connectivity index (χ3n) is 8.70. The molecule has 0 saturated heterocycles. The second-order valence-corrected chi connectivity index (χ2v) is 15.9. The summed E-state index contributed by atoms with van der Waals surface area (Å²) in [5, 5.41) is 15.9. The van der Waals surface area contributed by atoms with Crippen molar-refractivity contribution >= 4 is 45.2 Å². The summed E-state index contributed by atoms with van der Waals surface area (Å²) < 4.78 is 29.0. The lowest BCUT2D eigenvalue weighted by Crippen LogP contribution is -2.51. The maximum atomic E-state index is 14.2. The van der Waals surface area contributed by atoms with Gasteiger partial charge in [0.25, 0.3) is 15.9 Å². The topological polar surface area (TPSA) is 145 Å². The molecule has 0 unspecified atom stereocenters. The number of anilines is 1. The monoisotopic (exact) mass is 728 g/mol. The molecule has 5 rings (SSSR count). The number of rotatable bonds is 13. The third kappa shape index (κ3) is 9.65. The van der Waals surface area contributed by atoms with E-state index in [0.29, 0.717) is 30.5 Å². The standard InChI is InChI=1S/C39H44N4O6S2/c1-26(44)24-40-39(2,3)23-36(45)41-33-20-18-30-22-31(50-4)19-21-34(30)43(38(33)47)25-27-14-16-28(17-15-27)32-12-8-9-13-35(32)51(48,49)42-37(46)29-10-6-5-7-11-29/h5-17,19,21-22,26,33,40,44H,18,20,23-25H2,1-4H3,(H,41,45)(H,42,46)/t26-,33-/m1/s1. The van der Waals surface area contributed by atoms with E-state index in [4.69, 9.17) is 0 Å². The first kappa shape index (κ1) is 37.8. The van der Waals surface area contributed by atoms with E-state index < -0.39 is 33.6 Å².